The molecule has 3 rings (SSSR count). The van der Waals surface area contributed by atoms with E-state index in [1.54, 1.807) is 4.90 Å². The molecule has 0 saturated carbocycles. The molecule has 2 atom stereocenters. The van der Waals surface area contributed by atoms with Crippen LogP contribution in [0, 0.1) is 5.92 Å². The Morgan fingerprint density at radius 3 is 2.46 bits per heavy atom. The highest BCUT2D eigenvalue weighted by Crippen LogP contribution is 2.23. The summed E-state index contributed by atoms with van der Waals surface area (Å²) in [5.41, 5.74) is 0.920. The molecular weight excluding hydrogens is 334 g/mol. The molecule has 1 aromatic rings. The Morgan fingerprint density at radius 1 is 1.12 bits per heavy atom. The maximum absolute atomic E-state index is 12.5. The highest BCUT2D eigenvalue weighted by atomic mass is 16.6. The number of benzene rings is 1. The smallest absolute Gasteiger partial charge is 0.410 e. The molecule has 2 fully saturated rings. The van der Waals surface area contributed by atoms with Crippen LogP contribution in [0.4, 0.5) is 4.79 Å². The summed E-state index contributed by atoms with van der Waals surface area (Å²) < 4.78 is 5.42. The van der Waals surface area contributed by atoms with Gasteiger partial charge >= 0.3 is 12.1 Å². The molecule has 7 heteroatoms. The van der Waals surface area contributed by atoms with Crippen LogP contribution in [-0.4, -0.2) is 84.2 Å². The summed E-state index contributed by atoms with van der Waals surface area (Å²) in [6.07, 6.45) is 0.153. The first kappa shape index (κ1) is 18.7. The Bertz CT molecular complexity index is 616. The number of piperazine rings is 1. The lowest BCUT2D eigenvalue weighted by Gasteiger charge is -2.43. The maximum Gasteiger partial charge on any atom is 0.410 e. The number of hydrogen-bond donors (Lipinski definition) is 1. The molecule has 26 heavy (non-hydrogen) atoms. The van der Waals surface area contributed by atoms with Crippen molar-refractivity contribution in [3.05, 3.63) is 35.9 Å². The molecule has 1 amide bonds. The first-order valence-electron chi connectivity index (χ1n) is 9.14. The van der Waals surface area contributed by atoms with Gasteiger partial charge in [0.05, 0.1) is 5.92 Å². The number of amides is 1. The highest BCUT2D eigenvalue weighted by molar-refractivity contribution is 5.73. The first-order valence-corrected chi connectivity index (χ1v) is 9.14. The van der Waals surface area contributed by atoms with Crippen molar-refractivity contribution < 1.29 is 19.4 Å². The van der Waals surface area contributed by atoms with Gasteiger partial charge in [-0.05, 0) is 19.0 Å². The van der Waals surface area contributed by atoms with Gasteiger partial charge in [-0.2, -0.15) is 0 Å². The van der Waals surface area contributed by atoms with Crippen molar-refractivity contribution in [1.82, 2.24) is 14.7 Å². The highest BCUT2D eigenvalue weighted by Gasteiger charge is 2.37. The van der Waals surface area contributed by atoms with Crippen LogP contribution in [0.5, 0.6) is 0 Å². The van der Waals surface area contributed by atoms with Gasteiger partial charge in [0, 0.05) is 45.3 Å². The second-order valence-electron chi connectivity index (χ2n) is 7.21. The molecule has 0 spiro atoms. The summed E-state index contributed by atoms with van der Waals surface area (Å²) in [7, 11) is 2.09. The van der Waals surface area contributed by atoms with Crippen LogP contribution in [-0.2, 0) is 16.1 Å². The Kier molecular flexibility index (Phi) is 6.11. The number of rotatable bonds is 4. The minimum atomic E-state index is -0.843. The number of nitrogens with zero attached hydrogens (tertiary/aromatic N) is 3. The van der Waals surface area contributed by atoms with Gasteiger partial charge in [-0.1, -0.05) is 30.3 Å². The minimum Gasteiger partial charge on any atom is -0.481 e. The molecule has 1 N–H and O–H groups in total. The molecule has 0 aromatic heterocycles. The Morgan fingerprint density at radius 2 is 1.81 bits per heavy atom. The number of ether oxygens (including phenoxy) is 1. The van der Waals surface area contributed by atoms with Gasteiger partial charge in [0.15, 0.2) is 0 Å². The van der Waals surface area contributed by atoms with Gasteiger partial charge in [-0.3, -0.25) is 9.69 Å². The van der Waals surface area contributed by atoms with Crippen molar-refractivity contribution in [2.75, 3.05) is 46.3 Å². The lowest BCUT2D eigenvalue weighted by atomic mass is 9.93. The number of likely N-dealkylation sites (N-methyl/N-ethyl adjacent to an activating group) is 1. The van der Waals surface area contributed by atoms with Crippen molar-refractivity contribution in [2.24, 2.45) is 5.92 Å². The molecule has 0 bridgehead atoms. The summed E-state index contributed by atoms with van der Waals surface area (Å²) in [5.74, 6) is -1.39. The normalized spacial score (nSPS) is 25.0. The molecule has 0 aliphatic carbocycles. The van der Waals surface area contributed by atoms with Gasteiger partial charge in [-0.15, -0.1) is 0 Å². The zero-order chi connectivity index (χ0) is 18.5. The summed E-state index contributed by atoms with van der Waals surface area (Å²) in [6.45, 7) is 4.68. The summed E-state index contributed by atoms with van der Waals surface area (Å²) >= 11 is 0. The SMILES string of the molecule is CN1CCN([C@@H]2C[C@H](C(=O)O)CN(C(=O)OCc3ccccc3)C2)CC1. The Labute approximate surface area is 154 Å². The zero-order valence-electron chi connectivity index (χ0n) is 15.2. The fraction of sp³-hybridized carbons (Fsp3) is 0.579. The van der Waals surface area contributed by atoms with Gasteiger partial charge in [0.1, 0.15) is 6.61 Å². The molecule has 0 unspecified atom stereocenters. The van der Waals surface area contributed by atoms with Crippen LogP contribution < -0.4 is 0 Å². The molecule has 142 valence electrons. The number of piperidine rings is 1. The topological polar surface area (TPSA) is 73.3 Å². The largest absolute Gasteiger partial charge is 0.481 e. The Balaban J connectivity index is 1.61. The van der Waals surface area contributed by atoms with E-state index in [1.165, 1.54) is 0 Å². The van der Waals surface area contributed by atoms with Crippen molar-refractivity contribution in [3.8, 4) is 0 Å². The van der Waals surface area contributed by atoms with Crippen LogP contribution in [0.1, 0.15) is 12.0 Å². The summed E-state index contributed by atoms with van der Waals surface area (Å²) in [4.78, 5) is 30.2. The van der Waals surface area contributed by atoms with E-state index in [4.69, 9.17) is 4.74 Å². The van der Waals surface area contributed by atoms with Crippen LogP contribution in [0.15, 0.2) is 30.3 Å². The number of carbonyl (C=O) groups excluding carboxylic acids is 1. The maximum atomic E-state index is 12.5. The summed E-state index contributed by atoms with van der Waals surface area (Å²) in [6, 6.07) is 9.58. The fourth-order valence-corrected chi connectivity index (χ4v) is 3.66. The number of hydrogen-bond acceptors (Lipinski definition) is 5. The second-order valence-corrected chi connectivity index (χ2v) is 7.21. The number of carboxylic acids is 1. The van der Waals surface area contributed by atoms with Crippen molar-refractivity contribution >= 4 is 12.1 Å². The molecule has 0 radical (unpaired) electrons. The van der Waals surface area contributed by atoms with E-state index in [0.717, 1.165) is 31.7 Å². The molecule has 7 nitrogen and oxygen atoms in total. The number of carbonyl (C=O) groups is 2. The van der Waals surface area contributed by atoms with E-state index in [9.17, 15) is 14.7 Å². The molecule has 2 heterocycles. The third-order valence-corrected chi connectivity index (χ3v) is 5.30. The van der Waals surface area contributed by atoms with Crippen LogP contribution in [0.25, 0.3) is 0 Å². The molecule has 2 saturated heterocycles. The van der Waals surface area contributed by atoms with E-state index < -0.39 is 18.0 Å². The monoisotopic (exact) mass is 361 g/mol. The van der Waals surface area contributed by atoms with E-state index >= 15 is 0 Å². The second kappa shape index (κ2) is 8.51. The Hall–Kier alpha value is -2.12. The fourth-order valence-electron chi connectivity index (χ4n) is 3.66. The number of carboxylic acid groups (broad SMARTS) is 1. The lowest BCUT2D eigenvalue weighted by Crippen LogP contribution is -2.57. The van der Waals surface area contributed by atoms with Gasteiger partial charge in [0.2, 0.25) is 0 Å². The third kappa shape index (κ3) is 4.74. The molecule has 2 aliphatic heterocycles. The number of aliphatic carboxylic acids is 1. The first-order chi connectivity index (χ1) is 12.5. The predicted octanol–water partition coefficient (Wildman–Crippen LogP) is 1.35. The van der Waals surface area contributed by atoms with Crippen molar-refractivity contribution in [2.45, 2.75) is 19.1 Å². The standard InChI is InChI=1S/C19H27N3O4/c1-20-7-9-21(10-8-20)17-11-16(18(23)24)12-22(13-17)19(25)26-14-15-5-3-2-4-6-15/h2-6,16-17H,7-14H2,1H3,(H,23,24)/t16-,17+/m0/s1. The zero-order valence-corrected chi connectivity index (χ0v) is 15.2. The lowest BCUT2D eigenvalue weighted by molar-refractivity contribution is -0.144. The van der Waals surface area contributed by atoms with Crippen LogP contribution >= 0.6 is 0 Å². The number of likely N-dealkylation sites (tertiary alicyclic amines) is 1. The molecular formula is C19H27N3O4. The molecule has 1 aromatic carbocycles. The minimum absolute atomic E-state index is 0.0721. The van der Waals surface area contributed by atoms with Crippen molar-refractivity contribution in [3.63, 3.8) is 0 Å². The van der Waals surface area contributed by atoms with Crippen LogP contribution in [0.2, 0.25) is 0 Å². The van der Waals surface area contributed by atoms with Gasteiger partial charge in [0.25, 0.3) is 0 Å². The quantitative estimate of drug-likeness (QED) is 0.873. The van der Waals surface area contributed by atoms with E-state index in [1.807, 2.05) is 30.3 Å². The average Bonchev–Trinajstić information content (AvgIpc) is 2.67. The molecule has 2 aliphatic rings. The third-order valence-electron chi connectivity index (χ3n) is 5.30. The summed E-state index contributed by atoms with van der Waals surface area (Å²) in [5, 5.41) is 9.50. The predicted molar refractivity (Wildman–Crippen MR) is 96.8 cm³/mol. The van der Waals surface area contributed by atoms with E-state index in [0.29, 0.717) is 13.0 Å². The average molecular weight is 361 g/mol. The van der Waals surface area contributed by atoms with Gasteiger partial charge < -0.3 is 19.6 Å². The van der Waals surface area contributed by atoms with Gasteiger partial charge in [-0.25, -0.2) is 4.79 Å². The van der Waals surface area contributed by atoms with Crippen LogP contribution in [0.3, 0.4) is 0 Å². The van der Waals surface area contributed by atoms with Crippen molar-refractivity contribution in [1.29, 1.82) is 0 Å². The van der Waals surface area contributed by atoms with E-state index in [-0.39, 0.29) is 19.2 Å². The van der Waals surface area contributed by atoms with E-state index in [2.05, 4.69) is 16.8 Å².